The van der Waals surface area contributed by atoms with Crippen LogP contribution in [0, 0.1) is 0 Å². The Hall–Kier alpha value is -1.44. The Kier molecular flexibility index (Phi) is 3.89. The average Bonchev–Trinajstić information content (AvgIpc) is 2.15. The van der Waals surface area contributed by atoms with E-state index in [-0.39, 0.29) is 0 Å². The maximum absolute atomic E-state index is 5.53. The molecule has 0 aliphatic carbocycles. The summed E-state index contributed by atoms with van der Waals surface area (Å²) in [6.07, 6.45) is 3.90. The summed E-state index contributed by atoms with van der Waals surface area (Å²) in [5, 5.41) is 0. The Morgan fingerprint density at radius 3 is 2.62 bits per heavy atom. The monoisotopic (exact) mass is 177 g/mol. The maximum atomic E-state index is 5.53. The zero-order chi connectivity index (χ0) is 9.52. The molecule has 0 heterocycles. The lowest BCUT2D eigenvalue weighted by molar-refractivity contribution is 0.312. The summed E-state index contributed by atoms with van der Waals surface area (Å²) in [7, 11) is 0. The summed E-state index contributed by atoms with van der Waals surface area (Å²) in [6, 6.07) is 7.43. The van der Waals surface area contributed by atoms with Gasteiger partial charge in [-0.15, -0.1) is 6.58 Å². The summed E-state index contributed by atoms with van der Waals surface area (Å²) >= 11 is 0. The second kappa shape index (κ2) is 5.25. The first kappa shape index (κ1) is 9.65. The number of nitrogen functional groups attached to an aromatic ring is 1. The second-order valence-electron chi connectivity index (χ2n) is 2.85. The zero-order valence-electron chi connectivity index (χ0n) is 7.70. The fraction of sp³-hybridized carbons (Fsp3) is 0.273. The number of anilines is 1. The molecule has 1 rings (SSSR count). The van der Waals surface area contributed by atoms with Crippen LogP contribution in [0.15, 0.2) is 36.9 Å². The van der Waals surface area contributed by atoms with Gasteiger partial charge in [0.05, 0.1) is 6.61 Å². The Morgan fingerprint density at radius 1 is 1.31 bits per heavy atom. The van der Waals surface area contributed by atoms with Gasteiger partial charge < -0.3 is 10.5 Å². The molecule has 2 N–H and O–H groups in total. The van der Waals surface area contributed by atoms with Gasteiger partial charge in [-0.1, -0.05) is 6.08 Å². The Bertz CT molecular complexity index is 253. The first-order valence-electron chi connectivity index (χ1n) is 4.42. The molecule has 70 valence electrons. The minimum atomic E-state index is 0.732. The van der Waals surface area contributed by atoms with Gasteiger partial charge in [0, 0.05) is 5.69 Å². The summed E-state index contributed by atoms with van der Waals surface area (Å²) in [6.45, 7) is 4.38. The third kappa shape index (κ3) is 3.65. The quantitative estimate of drug-likeness (QED) is 0.426. The van der Waals surface area contributed by atoms with Crippen molar-refractivity contribution in [2.24, 2.45) is 0 Å². The van der Waals surface area contributed by atoms with Gasteiger partial charge in [0.2, 0.25) is 0 Å². The number of ether oxygens (including phenoxy) is 1. The van der Waals surface area contributed by atoms with Gasteiger partial charge in [0.1, 0.15) is 5.75 Å². The van der Waals surface area contributed by atoms with Crippen LogP contribution in [0.25, 0.3) is 0 Å². The first-order valence-corrected chi connectivity index (χ1v) is 4.42. The SMILES string of the molecule is C=CCCCOc1ccc(N)cc1. The standard InChI is InChI=1S/C11H15NO/c1-2-3-4-9-13-11-7-5-10(12)6-8-11/h2,5-8H,1,3-4,9,12H2. The van der Waals surface area contributed by atoms with Crippen molar-refractivity contribution in [3.8, 4) is 5.75 Å². The Morgan fingerprint density at radius 2 is 2.00 bits per heavy atom. The lowest BCUT2D eigenvalue weighted by atomic mass is 10.3. The van der Waals surface area contributed by atoms with Crippen molar-refractivity contribution in [1.29, 1.82) is 0 Å². The summed E-state index contributed by atoms with van der Waals surface area (Å²) in [4.78, 5) is 0. The third-order valence-corrected chi connectivity index (χ3v) is 1.70. The van der Waals surface area contributed by atoms with Crippen molar-refractivity contribution in [1.82, 2.24) is 0 Å². The largest absolute Gasteiger partial charge is 0.494 e. The predicted octanol–water partition coefficient (Wildman–Crippen LogP) is 2.61. The highest BCUT2D eigenvalue weighted by Gasteiger charge is 1.91. The number of nitrogens with two attached hydrogens (primary N) is 1. The predicted molar refractivity (Wildman–Crippen MR) is 55.8 cm³/mol. The average molecular weight is 177 g/mol. The highest BCUT2D eigenvalue weighted by atomic mass is 16.5. The number of hydrogen-bond donors (Lipinski definition) is 1. The molecule has 0 amide bonds. The Balaban J connectivity index is 2.28. The van der Waals surface area contributed by atoms with Crippen LogP contribution in [0.5, 0.6) is 5.75 Å². The van der Waals surface area contributed by atoms with Crippen molar-refractivity contribution >= 4 is 5.69 Å². The van der Waals surface area contributed by atoms with Crippen molar-refractivity contribution in [2.45, 2.75) is 12.8 Å². The van der Waals surface area contributed by atoms with Crippen molar-refractivity contribution in [3.63, 3.8) is 0 Å². The minimum Gasteiger partial charge on any atom is -0.494 e. The number of unbranched alkanes of at least 4 members (excludes halogenated alkanes) is 1. The van der Waals surface area contributed by atoms with Crippen molar-refractivity contribution < 1.29 is 4.74 Å². The summed E-state index contributed by atoms with van der Waals surface area (Å²) in [5.74, 6) is 0.873. The molecule has 0 fully saturated rings. The molecular weight excluding hydrogens is 162 g/mol. The normalized spacial score (nSPS) is 9.54. The van der Waals surface area contributed by atoms with Gasteiger partial charge in [0.25, 0.3) is 0 Å². The van der Waals surface area contributed by atoms with Crippen molar-refractivity contribution in [3.05, 3.63) is 36.9 Å². The summed E-state index contributed by atoms with van der Waals surface area (Å²) < 4.78 is 5.46. The first-order chi connectivity index (χ1) is 6.33. The topological polar surface area (TPSA) is 35.2 Å². The molecule has 0 aliphatic heterocycles. The number of hydrogen-bond acceptors (Lipinski definition) is 2. The fourth-order valence-corrected chi connectivity index (χ4v) is 0.982. The molecule has 0 saturated carbocycles. The minimum absolute atomic E-state index is 0.732. The van der Waals surface area contributed by atoms with E-state index in [4.69, 9.17) is 10.5 Å². The van der Waals surface area contributed by atoms with Gasteiger partial charge in [-0.3, -0.25) is 0 Å². The molecule has 1 aromatic rings. The molecule has 0 spiro atoms. The molecule has 0 saturated heterocycles. The lowest BCUT2D eigenvalue weighted by Gasteiger charge is -2.04. The smallest absolute Gasteiger partial charge is 0.119 e. The molecule has 2 nitrogen and oxygen atoms in total. The highest BCUT2D eigenvalue weighted by molar-refractivity contribution is 5.41. The van der Waals surface area contributed by atoms with Crippen LogP contribution in [0.4, 0.5) is 5.69 Å². The van der Waals surface area contributed by atoms with Gasteiger partial charge in [-0.2, -0.15) is 0 Å². The third-order valence-electron chi connectivity index (χ3n) is 1.70. The van der Waals surface area contributed by atoms with E-state index in [0.717, 1.165) is 30.9 Å². The van der Waals surface area contributed by atoms with E-state index in [1.807, 2.05) is 30.3 Å². The molecule has 0 aliphatic rings. The molecule has 0 unspecified atom stereocenters. The highest BCUT2D eigenvalue weighted by Crippen LogP contribution is 2.13. The van der Waals surface area contributed by atoms with E-state index in [0.29, 0.717) is 0 Å². The van der Waals surface area contributed by atoms with Crippen LogP contribution >= 0.6 is 0 Å². The van der Waals surface area contributed by atoms with Gasteiger partial charge in [-0.05, 0) is 37.1 Å². The molecule has 0 radical (unpaired) electrons. The van der Waals surface area contributed by atoms with E-state index >= 15 is 0 Å². The van der Waals surface area contributed by atoms with Crippen LogP contribution in [0.3, 0.4) is 0 Å². The van der Waals surface area contributed by atoms with E-state index in [9.17, 15) is 0 Å². The zero-order valence-corrected chi connectivity index (χ0v) is 7.70. The lowest BCUT2D eigenvalue weighted by Crippen LogP contribution is -1.96. The summed E-state index contributed by atoms with van der Waals surface area (Å²) in [5.41, 5.74) is 6.30. The van der Waals surface area contributed by atoms with Gasteiger partial charge in [-0.25, -0.2) is 0 Å². The molecule has 1 aromatic carbocycles. The van der Waals surface area contributed by atoms with Gasteiger partial charge in [0.15, 0.2) is 0 Å². The van der Waals surface area contributed by atoms with Crippen molar-refractivity contribution in [2.75, 3.05) is 12.3 Å². The number of allylic oxidation sites excluding steroid dienone is 1. The van der Waals surface area contributed by atoms with Crippen LogP contribution < -0.4 is 10.5 Å². The van der Waals surface area contributed by atoms with E-state index in [2.05, 4.69) is 6.58 Å². The fourth-order valence-electron chi connectivity index (χ4n) is 0.982. The van der Waals surface area contributed by atoms with Crippen LogP contribution in [-0.2, 0) is 0 Å². The molecule has 0 atom stereocenters. The van der Waals surface area contributed by atoms with E-state index in [1.165, 1.54) is 0 Å². The van der Waals surface area contributed by atoms with E-state index < -0.39 is 0 Å². The number of rotatable bonds is 5. The Labute approximate surface area is 79.0 Å². The van der Waals surface area contributed by atoms with Crippen LogP contribution in [0.2, 0.25) is 0 Å². The number of benzene rings is 1. The van der Waals surface area contributed by atoms with E-state index in [1.54, 1.807) is 0 Å². The molecule has 13 heavy (non-hydrogen) atoms. The van der Waals surface area contributed by atoms with Crippen LogP contribution in [0.1, 0.15) is 12.8 Å². The molecule has 2 heteroatoms. The van der Waals surface area contributed by atoms with Gasteiger partial charge >= 0.3 is 0 Å². The molecule has 0 aromatic heterocycles. The second-order valence-corrected chi connectivity index (χ2v) is 2.85. The molecular formula is C11H15NO. The maximum Gasteiger partial charge on any atom is 0.119 e. The molecule has 0 bridgehead atoms. The van der Waals surface area contributed by atoms with Crippen LogP contribution in [-0.4, -0.2) is 6.61 Å².